The van der Waals surface area contributed by atoms with Crippen molar-refractivity contribution in [2.75, 3.05) is 17.2 Å². The van der Waals surface area contributed by atoms with Crippen LogP contribution in [0.2, 0.25) is 0 Å². The Morgan fingerprint density at radius 3 is 2.81 bits per heavy atom. The molecular formula is C16H20N4O. The minimum atomic E-state index is -0.253. The molecule has 0 saturated heterocycles. The Bertz CT molecular complexity index is 640. The molecule has 0 bridgehead atoms. The normalized spacial score (nSPS) is 10.2. The largest absolute Gasteiger partial charge is 0.369 e. The summed E-state index contributed by atoms with van der Waals surface area (Å²) in [5.74, 6) is 0.363. The van der Waals surface area contributed by atoms with E-state index in [1.807, 2.05) is 32.0 Å². The van der Waals surface area contributed by atoms with Crippen molar-refractivity contribution in [3.8, 4) is 0 Å². The zero-order chi connectivity index (χ0) is 15.2. The zero-order valence-corrected chi connectivity index (χ0v) is 12.6. The van der Waals surface area contributed by atoms with Gasteiger partial charge in [0.05, 0.1) is 12.4 Å². The molecule has 0 aliphatic rings. The number of carbonyl (C=O) groups is 1. The predicted octanol–water partition coefficient (Wildman–Crippen LogP) is 3.17. The van der Waals surface area contributed by atoms with Crippen LogP contribution in [0.3, 0.4) is 0 Å². The zero-order valence-electron chi connectivity index (χ0n) is 12.6. The molecular weight excluding hydrogens is 264 g/mol. The Labute approximate surface area is 124 Å². The van der Waals surface area contributed by atoms with E-state index in [9.17, 15) is 4.79 Å². The van der Waals surface area contributed by atoms with Crippen molar-refractivity contribution in [2.24, 2.45) is 0 Å². The second-order valence-corrected chi connectivity index (χ2v) is 4.99. The lowest BCUT2D eigenvalue weighted by atomic mass is 10.1. The molecule has 0 atom stereocenters. The molecule has 1 amide bonds. The number of amides is 1. The molecule has 0 fully saturated rings. The third-order valence-corrected chi connectivity index (χ3v) is 3.06. The first-order valence-corrected chi connectivity index (χ1v) is 7.04. The van der Waals surface area contributed by atoms with Crippen LogP contribution in [0, 0.1) is 13.8 Å². The number of benzene rings is 1. The summed E-state index contributed by atoms with van der Waals surface area (Å²) >= 11 is 0. The molecule has 0 spiro atoms. The van der Waals surface area contributed by atoms with Gasteiger partial charge in [-0.3, -0.25) is 9.78 Å². The van der Waals surface area contributed by atoms with Crippen LogP contribution in [0.25, 0.3) is 0 Å². The molecule has 2 aromatic rings. The third kappa shape index (κ3) is 4.02. The molecule has 2 N–H and O–H groups in total. The van der Waals surface area contributed by atoms with Crippen molar-refractivity contribution in [1.82, 2.24) is 9.97 Å². The van der Waals surface area contributed by atoms with Gasteiger partial charge >= 0.3 is 0 Å². The average molecular weight is 284 g/mol. The fourth-order valence-corrected chi connectivity index (χ4v) is 1.87. The van der Waals surface area contributed by atoms with Gasteiger partial charge in [-0.2, -0.15) is 0 Å². The van der Waals surface area contributed by atoms with Crippen LogP contribution in [0.4, 0.5) is 11.5 Å². The molecule has 2 rings (SSSR count). The Balaban J connectivity index is 2.14. The second kappa shape index (κ2) is 6.83. The van der Waals surface area contributed by atoms with Crippen molar-refractivity contribution in [3.05, 3.63) is 47.4 Å². The van der Waals surface area contributed by atoms with Gasteiger partial charge in [0.1, 0.15) is 11.5 Å². The maximum Gasteiger partial charge on any atom is 0.275 e. The highest BCUT2D eigenvalue weighted by Gasteiger charge is 2.10. The molecule has 5 nitrogen and oxygen atoms in total. The fourth-order valence-electron chi connectivity index (χ4n) is 1.87. The van der Waals surface area contributed by atoms with E-state index in [0.29, 0.717) is 11.5 Å². The third-order valence-electron chi connectivity index (χ3n) is 3.06. The Hall–Kier alpha value is -2.43. The summed E-state index contributed by atoms with van der Waals surface area (Å²) in [7, 11) is 0. The van der Waals surface area contributed by atoms with Gasteiger partial charge < -0.3 is 10.6 Å². The second-order valence-electron chi connectivity index (χ2n) is 4.99. The van der Waals surface area contributed by atoms with E-state index in [1.54, 1.807) is 6.20 Å². The average Bonchev–Trinajstić information content (AvgIpc) is 2.49. The predicted molar refractivity (Wildman–Crippen MR) is 84.7 cm³/mol. The molecule has 0 radical (unpaired) electrons. The first kappa shape index (κ1) is 15.0. The summed E-state index contributed by atoms with van der Waals surface area (Å²) in [5.41, 5.74) is 3.22. The van der Waals surface area contributed by atoms with E-state index >= 15 is 0 Å². The number of hydrogen-bond donors (Lipinski definition) is 2. The summed E-state index contributed by atoms with van der Waals surface area (Å²) in [6.07, 6.45) is 4.07. The van der Waals surface area contributed by atoms with E-state index in [2.05, 4.69) is 27.5 Å². The van der Waals surface area contributed by atoms with E-state index in [0.717, 1.165) is 29.8 Å². The van der Waals surface area contributed by atoms with Gasteiger partial charge in [0.2, 0.25) is 0 Å². The first-order chi connectivity index (χ1) is 10.1. The van der Waals surface area contributed by atoms with Crippen molar-refractivity contribution in [1.29, 1.82) is 0 Å². The number of rotatable bonds is 5. The van der Waals surface area contributed by atoms with Gasteiger partial charge in [-0.1, -0.05) is 19.1 Å². The van der Waals surface area contributed by atoms with Gasteiger partial charge in [0.15, 0.2) is 0 Å². The summed E-state index contributed by atoms with van der Waals surface area (Å²) in [5, 5.41) is 6.00. The highest BCUT2D eigenvalue weighted by atomic mass is 16.1. The minimum absolute atomic E-state index is 0.253. The van der Waals surface area contributed by atoms with Gasteiger partial charge in [-0.25, -0.2) is 4.98 Å². The topological polar surface area (TPSA) is 66.9 Å². The maximum atomic E-state index is 12.3. The lowest BCUT2D eigenvalue weighted by Crippen LogP contribution is -2.16. The number of nitrogens with one attached hydrogen (secondary N) is 2. The Morgan fingerprint density at radius 1 is 1.24 bits per heavy atom. The smallest absolute Gasteiger partial charge is 0.275 e. The highest BCUT2D eigenvalue weighted by molar-refractivity contribution is 6.03. The number of hydrogen-bond acceptors (Lipinski definition) is 4. The maximum absolute atomic E-state index is 12.3. The van der Waals surface area contributed by atoms with Gasteiger partial charge in [0.25, 0.3) is 5.91 Å². The van der Waals surface area contributed by atoms with Crippen LogP contribution in [-0.2, 0) is 0 Å². The van der Waals surface area contributed by atoms with E-state index in [4.69, 9.17) is 0 Å². The van der Waals surface area contributed by atoms with E-state index in [-0.39, 0.29) is 5.91 Å². The molecule has 110 valence electrons. The molecule has 1 heterocycles. The van der Waals surface area contributed by atoms with Gasteiger partial charge in [-0.15, -0.1) is 0 Å². The van der Waals surface area contributed by atoms with Crippen LogP contribution in [-0.4, -0.2) is 22.4 Å². The lowest BCUT2D eigenvalue weighted by Gasteiger charge is -2.10. The number of aromatic nitrogens is 2. The van der Waals surface area contributed by atoms with Crippen molar-refractivity contribution in [2.45, 2.75) is 27.2 Å². The number of aryl methyl sites for hydroxylation is 2. The van der Waals surface area contributed by atoms with E-state index in [1.165, 1.54) is 6.20 Å². The molecule has 0 aliphatic heterocycles. The summed E-state index contributed by atoms with van der Waals surface area (Å²) in [6.45, 7) is 6.82. The molecule has 5 heteroatoms. The molecule has 1 aromatic heterocycles. The van der Waals surface area contributed by atoms with Crippen LogP contribution >= 0.6 is 0 Å². The summed E-state index contributed by atoms with van der Waals surface area (Å²) in [4.78, 5) is 20.6. The van der Waals surface area contributed by atoms with Crippen LogP contribution in [0.1, 0.15) is 35.0 Å². The van der Waals surface area contributed by atoms with Gasteiger partial charge in [0, 0.05) is 12.2 Å². The molecule has 21 heavy (non-hydrogen) atoms. The van der Waals surface area contributed by atoms with Crippen molar-refractivity contribution >= 4 is 17.4 Å². The summed E-state index contributed by atoms with van der Waals surface area (Å²) < 4.78 is 0. The van der Waals surface area contributed by atoms with Crippen LogP contribution in [0.15, 0.2) is 30.6 Å². The fraction of sp³-hybridized carbons (Fsp3) is 0.312. The van der Waals surface area contributed by atoms with E-state index < -0.39 is 0 Å². The Kier molecular flexibility index (Phi) is 4.87. The minimum Gasteiger partial charge on any atom is -0.369 e. The first-order valence-electron chi connectivity index (χ1n) is 7.04. The monoisotopic (exact) mass is 284 g/mol. The Morgan fingerprint density at radius 2 is 2.05 bits per heavy atom. The number of carbonyl (C=O) groups excluding carboxylic acids is 1. The SMILES string of the molecule is CCCNc1cncc(C(=O)Nc2cc(C)ccc2C)n1. The summed E-state index contributed by atoms with van der Waals surface area (Å²) in [6, 6.07) is 5.94. The molecule has 1 aromatic carbocycles. The van der Waals surface area contributed by atoms with Crippen molar-refractivity contribution < 1.29 is 4.79 Å². The molecule has 0 unspecified atom stereocenters. The van der Waals surface area contributed by atoms with Crippen LogP contribution < -0.4 is 10.6 Å². The lowest BCUT2D eigenvalue weighted by molar-refractivity contribution is 0.102. The molecule has 0 aliphatic carbocycles. The number of anilines is 2. The van der Waals surface area contributed by atoms with Crippen molar-refractivity contribution in [3.63, 3.8) is 0 Å². The molecule has 0 saturated carbocycles. The van der Waals surface area contributed by atoms with Gasteiger partial charge in [-0.05, 0) is 37.5 Å². The number of nitrogens with zero attached hydrogens (tertiary/aromatic N) is 2. The van der Waals surface area contributed by atoms with Crippen LogP contribution in [0.5, 0.6) is 0 Å². The highest BCUT2D eigenvalue weighted by Crippen LogP contribution is 2.17. The quantitative estimate of drug-likeness (QED) is 0.885. The standard InChI is InChI=1S/C16H20N4O/c1-4-7-18-15-10-17-9-14(19-15)16(21)20-13-8-11(2)5-6-12(13)3/h5-6,8-10H,4,7H2,1-3H3,(H,18,19)(H,20,21).